The minimum absolute atomic E-state index is 0.0324. The number of nitrogens with zero attached hydrogens (tertiary/aromatic N) is 1. The third-order valence-corrected chi connectivity index (χ3v) is 3.37. The zero-order valence-corrected chi connectivity index (χ0v) is 15.1. The molecule has 0 aromatic heterocycles. The van der Waals surface area contributed by atoms with E-state index in [1.807, 2.05) is 0 Å². The molecule has 0 saturated carbocycles. The summed E-state index contributed by atoms with van der Waals surface area (Å²) in [7, 11) is 0. The van der Waals surface area contributed by atoms with E-state index < -0.39 is 11.7 Å². The lowest BCUT2D eigenvalue weighted by molar-refractivity contribution is -0.121. The predicted octanol–water partition coefficient (Wildman–Crippen LogP) is 1.47. The first-order valence-electron chi connectivity index (χ1n) is 7.95. The summed E-state index contributed by atoms with van der Waals surface area (Å²) in [5, 5.41) is 5.24. The van der Waals surface area contributed by atoms with Crippen LogP contribution in [-0.2, 0) is 14.3 Å². The monoisotopic (exact) mass is 363 g/mol. The summed E-state index contributed by atoms with van der Waals surface area (Å²) in [6, 6.07) is -0.0324. The van der Waals surface area contributed by atoms with Crippen LogP contribution in [-0.4, -0.2) is 66.8 Å². The molecule has 0 atom stereocenters. The molecule has 138 valence electrons. The fourth-order valence-electron chi connectivity index (χ4n) is 2.17. The number of alkyl carbamates (subject to hydrolysis) is 1. The van der Waals surface area contributed by atoms with Crippen LogP contribution in [0.4, 0.5) is 9.59 Å². The summed E-state index contributed by atoms with van der Waals surface area (Å²) in [5.74, 6) is -0.0212. The van der Waals surface area contributed by atoms with Gasteiger partial charge in [-0.25, -0.2) is 9.59 Å². The van der Waals surface area contributed by atoms with Gasteiger partial charge in [0, 0.05) is 19.1 Å². The zero-order chi connectivity index (χ0) is 18.2. The van der Waals surface area contributed by atoms with Crippen molar-refractivity contribution in [2.24, 2.45) is 0 Å². The van der Waals surface area contributed by atoms with Crippen molar-refractivity contribution in [3.8, 4) is 0 Å². The van der Waals surface area contributed by atoms with Gasteiger partial charge in [0.15, 0.2) is 0 Å². The maximum atomic E-state index is 11.8. The van der Waals surface area contributed by atoms with Crippen molar-refractivity contribution in [2.45, 2.75) is 45.3 Å². The molecule has 0 unspecified atom stereocenters. The van der Waals surface area contributed by atoms with E-state index >= 15 is 0 Å². The molecule has 1 fully saturated rings. The number of hydrogen-bond acceptors (Lipinski definition) is 5. The number of amides is 3. The number of halogens is 1. The number of carbonyl (C=O) groups is 3. The average Bonchev–Trinajstić information content (AvgIpc) is 2.49. The SMILES string of the molecule is CC(C)(C)OC(=O)NCC(=O)NC1CCN(C(=O)OCCCl)CC1. The maximum absolute atomic E-state index is 11.8. The van der Waals surface area contributed by atoms with Crippen LogP contribution in [0, 0.1) is 0 Å². The highest BCUT2D eigenvalue weighted by Gasteiger charge is 2.25. The van der Waals surface area contributed by atoms with Crippen molar-refractivity contribution in [1.29, 1.82) is 0 Å². The van der Waals surface area contributed by atoms with E-state index in [1.165, 1.54) is 0 Å². The molecular formula is C15H26ClN3O5. The molecule has 0 radical (unpaired) electrons. The Hall–Kier alpha value is -1.70. The van der Waals surface area contributed by atoms with E-state index in [1.54, 1.807) is 25.7 Å². The molecule has 0 spiro atoms. The van der Waals surface area contributed by atoms with Gasteiger partial charge in [0.1, 0.15) is 18.8 Å². The molecule has 1 saturated heterocycles. The molecule has 0 aromatic rings. The molecule has 1 aliphatic heterocycles. The molecule has 3 amide bonds. The second-order valence-corrected chi connectivity index (χ2v) is 6.87. The summed E-state index contributed by atoms with van der Waals surface area (Å²) < 4.78 is 10.0. The highest BCUT2D eigenvalue weighted by Crippen LogP contribution is 2.11. The second kappa shape index (κ2) is 9.56. The van der Waals surface area contributed by atoms with Crippen LogP contribution in [0.25, 0.3) is 0 Å². The van der Waals surface area contributed by atoms with Gasteiger partial charge in [0.2, 0.25) is 5.91 Å². The number of hydrogen-bond donors (Lipinski definition) is 2. The molecule has 2 N–H and O–H groups in total. The van der Waals surface area contributed by atoms with Gasteiger partial charge in [-0.15, -0.1) is 11.6 Å². The molecule has 0 bridgehead atoms. The molecule has 0 aliphatic carbocycles. The van der Waals surface area contributed by atoms with Gasteiger partial charge >= 0.3 is 12.2 Å². The number of rotatable bonds is 5. The molecule has 1 aliphatic rings. The minimum atomic E-state index is -0.630. The molecule has 1 rings (SSSR count). The Labute approximate surface area is 147 Å². The Balaban J connectivity index is 2.23. The summed E-state index contributed by atoms with van der Waals surface area (Å²) in [5.41, 5.74) is -0.606. The quantitative estimate of drug-likeness (QED) is 0.721. The molecule has 1 heterocycles. The predicted molar refractivity (Wildman–Crippen MR) is 89.0 cm³/mol. The van der Waals surface area contributed by atoms with Crippen LogP contribution in [0.1, 0.15) is 33.6 Å². The summed E-state index contributed by atoms with van der Waals surface area (Å²) >= 11 is 5.47. The zero-order valence-electron chi connectivity index (χ0n) is 14.4. The summed E-state index contributed by atoms with van der Waals surface area (Å²) in [6.45, 7) is 6.30. The van der Waals surface area contributed by atoms with Gasteiger partial charge in [-0.1, -0.05) is 0 Å². The number of likely N-dealkylation sites (tertiary alicyclic amines) is 1. The third-order valence-electron chi connectivity index (χ3n) is 3.21. The Kier molecular flexibility index (Phi) is 8.10. The largest absolute Gasteiger partial charge is 0.448 e. The van der Waals surface area contributed by atoms with Crippen LogP contribution in [0.3, 0.4) is 0 Å². The highest BCUT2D eigenvalue weighted by molar-refractivity contribution is 6.18. The highest BCUT2D eigenvalue weighted by atomic mass is 35.5. The van der Waals surface area contributed by atoms with E-state index in [0.717, 1.165) is 0 Å². The van der Waals surface area contributed by atoms with Gasteiger partial charge in [0.25, 0.3) is 0 Å². The normalized spacial score (nSPS) is 15.6. The number of piperidine rings is 1. The Morgan fingerprint density at radius 1 is 1.21 bits per heavy atom. The fraction of sp³-hybridized carbons (Fsp3) is 0.800. The fourth-order valence-corrected chi connectivity index (χ4v) is 2.25. The van der Waals surface area contributed by atoms with E-state index in [4.69, 9.17) is 21.1 Å². The molecular weight excluding hydrogens is 338 g/mol. The maximum Gasteiger partial charge on any atom is 0.409 e. The van der Waals surface area contributed by atoms with Crippen LogP contribution in [0.2, 0.25) is 0 Å². The van der Waals surface area contributed by atoms with E-state index in [0.29, 0.717) is 25.9 Å². The topological polar surface area (TPSA) is 97.0 Å². The standard InChI is InChI=1S/C15H26ClN3O5/c1-15(2,3)24-13(21)17-10-12(20)18-11-4-7-19(8-5-11)14(22)23-9-6-16/h11H,4-10H2,1-3H3,(H,17,21)(H,18,20). The van der Waals surface area contributed by atoms with Crippen LogP contribution >= 0.6 is 11.6 Å². The van der Waals surface area contributed by atoms with Gasteiger partial charge in [0.05, 0.1) is 5.88 Å². The van der Waals surface area contributed by atoms with Crippen LogP contribution in [0.5, 0.6) is 0 Å². The smallest absolute Gasteiger partial charge is 0.409 e. The number of carbonyl (C=O) groups excluding carboxylic acids is 3. The van der Waals surface area contributed by atoms with Crippen LogP contribution in [0.15, 0.2) is 0 Å². The Bertz CT molecular complexity index is 445. The van der Waals surface area contributed by atoms with Gasteiger partial charge in [-0.05, 0) is 33.6 Å². The van der Waals surface area contributed by atoms with E-state index in [9.17, 15) is 14.4 Å². The van der Waals surface area contributed by atoms with Gasteiger partial charge in [-0.2, -0.15) is 0 Å². The van der Waals surface area contributed by atoms with Crippen LogP contribution < -0.4 is 10.6 Å². The second-order valence-electron chi connectivity index (χ2n) is 6.49. The Morgan fingerprint density at radius 3 is 2.38 bits per heavy atom. The lowest BCUT2D eigenvalue weighted by Crippen LogP contribution is -2.49. The van der Waals surface area contributed by atoms with Gasteiger partial charge < -0.3 is 25.0 Å². The van der Waals surface area contributed by atoms with Gasteiger partial charge in [-0.3, -0.25) is 4.79 Å². The van der Waals surface area contributed by atoms with Crippen molar-refractivity contribution in [2.75, 3.05) is 32.1 Å². The first-order valence-corrected chi connectivity index (χ1v) is 8.48. The lowest BCUT2D eigenvalue weighted by Gasteiger charge is -2.31. The van der Waals surface area contributed by atoms with Crippen molar-refractivity contribution < 1.29 is 23.9 Å². The van der Waals surface area contributed by atoms with Crippen molar-refractivity contribution in [1.82, 2.24) is 15.5 Å². The Morgan fingerprint density at radius 2 is 1.83 bits per heavy atom. The summed E-state index contributed by atoms with van der Waals surface area (Å²) in [6.07, 6.45) is 0.254. The van der Waals surface area contributed by atoms with Crippen molar-refractivity contribution in [3.05, 3.63) is 0 Å². The number of nitrogens with one attached hydrogen (secondary N) is 2. The lowest BCUT2D eigenvalue weighted by atomic mass is 10.1. The van der Waals surface area contributed by atoms with Crippen molar-refractivity contribution >= 4 is 29.7 Å². The first-order chi connectivity index (χ1) is 11.2. The average molecular weight is 364 g/mol. The number of ether oxygens (including phenoxy) is 2. The molecule has 0 aromatic carbocycles. The molecule has 24 heavy (non-hydrogen) atoms. The first kappa shape index (κ1) is 20.3. The van der Waals surface area contributed by atoms with E-state index in [-0.39, 0.29) is 37.1 Å². The third kappa shape index (κ3) is 8.24. The summed E-state index contributed by atoms with van der Waals surface area (Å²) in [4.78, 5) is 36.6. The van der Waals surface area contributed by atoms with Crippen molar-refractivity contribution in [3.63, 3.8) is 0 Å². The minimum Gasteiger partial charge on any atom is -0.448 e. The van der Waals surface area contributed by atoms with E-state index in [2.05, 4.69) is 10.6 Å². The molecule has 9 heteroatoms. The number of alkyl halides is 1. The molecule has 8 nitrogen and oxygen atoms in total.